The van der Waals surface area contributed by atoms with Crippen molar-refractivity contribution in [3.05, 3.63) is 47.5 Å². The van der Waals surface area contributed by atoms with Crippen molar-refractivity contribution in [3.8, 4) is 0 Å². The molecule has 112 valence electrons. The molecule has 0 radical (unpaired) electrons. The number of carbonyl (C=O) groups is 1. The van der Waals surface area contributed by atoms with Crippen LogP contribution in [0.25, 0.3) is 0 Å². The van der Waals surface area contributed by atoms with Crippen molar-refractivity contribution in [2.24, 2.45) is 0 Å². The first-order valence-corrected chi connectivity index (χ1v) is 7.34. The Morgan fingerprint density at radius 1 is 1.38 bits per heavy atom. The average molecular weight is 308 g/mol. The molecule has 2 rings (SSSR count). The van der Waals surface area contributed by atoms with Gasteiger partial charge in [-0.05, 0) is 24.1 Å². The van der Waals surface area contributed by atoms with Gasteiger partial charge in [0.2, 0.25) is 0 Å². The predicted molar refractivity (Wildman–Crippen MR) is 79.8 cm³/mol. The fraction of sp³-hybridized carbons (Fsp3) is 0.400. The van der Waals surface area contributed by atoms with Crippen LogP contribution in [-0.4, -0.2) is 20.7 Å². The summed E-state index contributed by atoms with van der Waals surface area (Å²) in [5, 5.41) is 4.71. The number of halogens is 1. The van der Waals surface area contributed by atoms with Crippen LogP contribution in [0.1, 0.15) is 37.9 Å². The molecule has 0 spiro atoms. The Hall–Kier alpha value is -1.88. The minimum atomic E-state index is -0.395. The van der Waals surface area contributed by atoms with Crippen molar-refractivity contribution in [2.75, 3.05) is 0 Å². The summed E-state index contributed by atoms with van der Waals surface area (Å²) >= 11 is 5.90. The Morgan fingerprint density at radius 2 is 2.14 bits per heavy atom. The van der Waals surface area contributed by atoms with Crippen LogP contribution >= 0.6 is 11.6 Å². The smallest absolute Gasteiger partial charge is 0.306 e. The topological polar surface area (TPSA) is 57.0 Å². The molecule has 0 saturated carbocycles. The predicted octanol–water partition coefficient (Wildman–Crippen LogP) is 3.41. The Balaban J connectivity index is 2.09. The summed E-state index contributed by atoms with van der Waals surface area (Å²) in [7, 11) is 0. The van der Waals surface area contributed by atoms with Gasteiger partial charge in [0.25, 0.3) is 0 Å². The second-order valence-electron chi connectivity index (χ2n) is 4.75. The molecular formula is C15H18ClN3O2. The lowest BCUT2D eigenvalue weighted by molar-refractivity contribution is -0.150. The second kappa shape index (κ2) is 7.78. The molecule has 0 saturated heterocycles. The largest absolute Gasteiger partial charge is 0.455 e. The standard InChI is InChI=1S/C15H18ClN3O2/c1-2-3-4-15(20)21-14(9-19-11-17-10-18-19)12-5-7-13(16)8-6-12/h5-8,10-11,14H,2-4,9H2,1H3. The molecular weight excluding hydrogens is 290 g/mol. The van der Waals surface area contributed by atoms with Crippen molar-refractivity contribution >= 4 is 17.6 Å². The van der Waals surface area contributed by atoms with E-state index in [4.69, 9.17) is 16.3 Å². The molecule has 2 aromatic rings. The lowest BCUT2D eigenvalue weighted by Gasteiger charge is -2.18. The number of rotatable bonds is 7. The van der Waals surface area contributed by atoms with E-state index in [0.717, 1.165) is 18.4 Å². The highest BCUT2D eigenvalue weighted by atomic mass is 35.5. The zero-order chi connectivity index (χ0) is 15.1. The van der Waals surface area contributed by atoms with Crippen LogP contribution in [0.2, 0.25) is 5.02 Å². The Morgan fingerprint density at radius 3 is 2.76 bits per heavy atom. The molecule has 1 aromatic carbocycles. The van der Waals surface area contributed by atoms with Gasteiger partial charge in [-0.1, -0.05) is 37.1 Å². The normalized spacial score (nSPS) is 12.1. The number of unbranched alkanes of at least 4 members (excludes halogenated alkanes) is 1. The van der Waals surface area contributed by atoms with Gasteiger partial charge in [-0.3, -0.25) is 4.79 Å². The summed E-state index contributed by atoms with van der Waals surface area (Å²) in [4.78, 5) is 15.8. The quantitative estimate of drug-likeness (QED) is 0.736. The molecule has 1 atom stereocenters. The third kappa shape index (κ3) is 4.86. The number of aromatic nitrogens is 3. The minimum Gasteiger partial charge on any atom is -0.455 e. The molecule has 6 heteroatoms. The van der Waals surface area contributed by atoms with Gasteiger partial charge in [0, 0.05) is 11.4 Å². The number of hydrogen-bond donors (Lipinski definition) is 0. The summed E-state index contributed by atoms with van der Waals surface area (Å²) in [6.45, 7) is 2.47. The van der Waals surface area contributed by atoms with Gasteiger partial charge >= 0.3 is 5.97 Å². The first kappa shape index (κ1) is 15.5. The van der Waals surface area contributed by atoms with Crippen molar-refractivity contribution < 1.29 is 9.53 Å². The van der Waals surface area contributed by atoms with Crippen molar-refractivity contribution in [1.82, 2.24) is 14.8 Å². The molecule has 0 amide bonds. The molecule has 0 aliphatic heterocycles. The molecule has 5 nitrogen and oxygen atoms in total. The van der Waals surface area contributed by atoms with Gasteiger partial charge < -0.3 is 4.74 Å². The van der Waals surface area contributed by atoms with Gasteiger partial charge in [0.15, 0.2) is 0 Å². The zero-order valence-corrected chi connectivity index (χ0v) is 12.7. The number of esters is 1. The summed E-state index contributed by atoms with van der Waals surface area (Å²) < 4.78 is 7.23. The second-order valence-corrected chi connectivity index (χ2v) is 5.19. The summed E-state index contributed by atoms with van der Waals surface area (Å²) in [6.07, 6.45) is 4.88. The Labute approximate surface area is 128 Å². The van der Waals surface area contributed by atoms with E-state index in [-0.39, 0.29) is 5.97 Å². The van der Waals surface area contributed by atoms with Gasteiger partial charge in [-0.15, -0.1) is 0 Å². The van der Waals surface area contributed by atoms with E-state index in [2.05, 4.69) is 10.1 Å². The summed E-state index contributed by atoms with van der Waals surface area (Å²) in [5.41, 5.74) is 0.889. The molecule has 1 aromatic heterocycles. The van der Waals surface area contributed by atoms with Crippen LogP contribution in [0, 0.1) is 0 Å². The van der Waals surface area contributed by atoms with Crippen molar-refractivity contribution in [1.29, 1.82) is 0 Å². The zero-order valence-electron chi connectivity index (χ0n) is 11.9. The Kier molecular flexibility index (Phi) is 5.75. The molecule has 0 aliphatic rings. The molecule has 1 unspecified atom stereocenters. The molecule has 1 heterocycles. The van der Waals surface area contributed by atoms with E-state index < -0.39 is 6.10 Å². The fourth-order valence-corrected chi connectivity index (χ4v) is 2.05. The molecule has 21 heavy (non-hydrogen) atoms. The number of nitrogens with zero attached hydrogens (tertiary/aromatic N) is 3. The molecule has 0 bridgehead atoms. The fourth-order valence-electron chi connectivity index (χ4n) is 1.92. The number of carbonyl (C=O) groups excluding carboxylic acids is 1. The Bertz CT molecular complexity index is 555. The monoisotopic (exact) mass is 307 g/mol. The third-order valence-electron chi connectivity index (χ3n) is 3.07. The van der Waals surface area contributed by atoms with E-state index in [1.54, 1.807) is 23.1 Å². The number of benzene rings is 1. The van der Waals surface area contributed by atoms with Crippen LogP contribution < -0.4 is 0 Å². The summed E-state index contributed by atoms with van der Waals surface area (Å²) in [6, 6.07) is 7.28. The maximum atomic E-state index is 11.9. The van der Waals surface area contributed by atoms with Crippen molar-refractivity contribution in [3.63, 3.8) is 0 Å². The van der Waals surface area contributed by atoms with Crippen LogP contribution in [-0.2, 0) is 16.1 Å². The van der Waals surface area contributed by atoms with Crippen molar-refractivity contribution in [2.45, 2.75) is 38.8 Å². The van der Waals surface area contributed by atoms with E-state index in [1.165, 1.54) is 6.33 Å². The van der Waals surface area contributed by atoms with E-state index in [1.807, 2.05) is 19.1 Å². The van der Waals surface area contributed by atoms with Crippen LogP contribution in [0.3, 0.4) is 0 Å². The van der Waals surface area contributed by atoms with Crippen LogP contribution in [0.15, 0.2) is 36.9 Å². The highest BCUT2D eigenvalue weighted by molar-refractivity contribution is 6.30. The molecule has 0 fully saturated rings. The maximum absolute atomic E-state index is 11.9. The molecule has 0 N–H and O–H groups in total. The maximum Gasteiger partial charge on any atom is 0.306 e. The van der Waals surface area contributed by atoms with Crippen LogP contribution in [0.5, 0.6) is 0 Å². The van der Waals surface area contributed by atoms with Gasteiger partial charge in [0.05, 0.1) is 6.54 Å². The van der Waals surface area contributed by atoms with Crippen LogP contribution in [0.4, 0.5) is 0 Å². The first-order chi connectivity index (χ1) is 10.2. The highest BCUT2D eigenvalue weighted by Crippen LogP contribution is 2.22. The first-order valence-electron chi connectivity index (χ1n) is 6.96. The van der Waals surface area contributed by atoms with E-state index in [9.17, 15) is 4.79 Å². The number of hydrogen-bond acceptors (Lipinski definition) is 4. The van der Waals surface area contributed by atoms with Gasteiger partial charge in [-0.25, -0.2) is 9.67 Å². The van der Waals surface area contributed by atoms with E-state index in [0.29, 0.717) is 18.0 Å². The number of ether oxygens (including phenoxy) is 1. The highest BCUT2D eigenvalue weighted by Gasteiger charge is 2.17. The average Bonchev–Trinajstić information content (AvgIpc) is 2.98. The lowest BCUT2D eigenvalue weighted by atomic mass is 10.1. The third-order valence-corrected chi connectivity index (χ3v) is 3.32. The van der Waals surface area contributed by atoms with E-state index >= 15 is 0 Å². The van der Waals surface area contributed by atoms with Gasteiger partial charge in [0.1, 0.15) is 18.8 Å². The van der Waals surface area contributed by atoms with Gasteiger partial charge in [-0.2, -0.15) is 5.10 Å². The SMILES string of the molecule is CCCCC(=O)OC(Cn1cncn1)c1ccc(Cl)cc1. The lowest BCUT2D eigenvalue weighted by Crippen LogP contribution is -2.17. The minimum absolute atomic E-state index is 0.197. The summed E-state index contributed by atoms with van der Waals surface area (Å²) in [5.74, 6) is -0.197. The molecule has 0 aliphatic carbocycles.